The smallest absolute Gasteiger partial charge is 0.304 e. The van der Waals surface area contributed by atoms with Crippen LogP contribution in [0, 0.1) is 0 Å². The van der Waals surface area contributed by atoms with Crippen molar-refractivity contribution >= 4 is 17.7 Å². The molecule has 0 saturated heterocycles. The largest absolute Gasteiger partial charge is 0.449 e. The lowest BCUT2D eigenvalue weighted by Crippen LogP contribution is -2.23. The van der Waals surface area contributed by atoms with Crippen LogP contribution in [0.5, 0.6) is 0 Å². The van der Waals surface area contributed by atoms with E-state index in [1.54, 1.807) is 13.8 Å². The molecule has 0 fully saturated rings. The van der Waals surface area contributed by atoms with Gasteiger partial charge < -0.3 is 4.74 Å². The number of carbonyl (C=O) groups excluding carboxylic acids is 1. The summed E-state index contributed by atoms with van der Waals surface area (Å²) in [6.07, 6.45) is 1.06. The summed E-state index contributed by atoms with van der Waals surface area (Å²) in [5.41, 5.74) is 0. The number of halogens is 2. The maximum absolute atomic E-state index is 12.9. The van der Waals surface area contributed by atoms with Crippen molar-refractivity contribution in [3.8, 4) is 0 Å². The number of hydrogen-bond acceptors (Lipinski definition) is 3. The normalized spacial score (nSPS) is 12.6. The van der Waals surface area contributed by atoms with Gasteiger partial charge in [0.1, 0.15) is 0 Å². The Morgan fingerprint density at radius 3 is 2.35 bits per heavy atom. The Bertz CT molecular complexity index is 243. The van der Waals surface area contributed by atoms with E-state index < -0.39 is 10.9 Å². The summed E-state index contributed by atoms with van der Waals surface area (Å²) in [5.74, 6) is -2.13. The molecule has 0 heterocycles. The molecule has 0 aromatic carbocycles. The SMILES string of the molecule is CCC(F)(F)CCCCSC(C)(C)OC(C)=O. The summed E-state index contributed by atoms with van der Waals surface area (Å²) in [5, 5.41) is 0. The number of alkyl halides is 2. The van der Waals surface area contributed by atoms with E-state index in [2.05, 4.69) is 0 Å². The first-order chi connectivity index (χ1) is 7.68. The van der Waals surface area contributed by atoms with Gasteiger partial charge >= 0.3 is 5.97 Å². The van der Waals surface area contributed by atoms with Crippen LogP contribution in [0.1, 0.15) is 53.4 Å². The van der Waals surface area contributed by atoms with E-state index in [0.717, 1.165) is 5.75 Å². The number of carbonyl (C=O) groups is 1. The fourth-order valence-corrected chi connectivity index (χ4v) is 2.37. The summed E-state index contributed by atoms with van der Waals surface area (Å²) >= 11 is 1.48. The van der Waals surface area contributed by atoms with Gasteiger partial charge in [0.05, 0.1) is 0 Å². The molecule has 0 aliphatic heterocycles. The average Bonchev–Trinajstić information content (AvgIpc) is 2.14. The van der Waals surface area contributed by atoms with Crippen molar-refractivity contribution < 1.29 is 18.3 Å². The minimum Gasteiger partial charge on any atom is -0.449 e. The van der Waals surface area contributed by atoms with Gasteiger partial charge in [-0.1, -0.05) is 6.92 Å². The highest BCUT2D eigenvalue weighted by Crippen LogP contribution is 2.29. The van der Waals surface area contributed by atoms with Gasteiger partial charge in [0.25, 0.3) is 0 Å². The molecule has 2 nitrogen and oxygen atoms in total. The van der Waals surface area contributed by atoms with Crippen molar-refractivity contribution in [2.24, 2.45) is 0 Å². The molecule has 0 aliphatic carbocycles. The molecule has 0 unspecified atom stereocenters. The number of esters is 1. The van der Waals surface area contributed by atoms with Crippen LogP contribution < -0.4 is 0 Å². The van der Waals surface area contributed by atoms with Crippen LogP contribution in [0.25, 0.3) is 0 Å². The molecule has 0 aliphatic rings. The molecule has 0 saturated carbocycles. The van der Waals surface area contributed by atoms with Gasteiger partial charge in [0.2, 0.25) is 5.92 Å². The van der Waals surface area contributed by atoms with Crippen molar-refractivity contribution in [2.45, 2.75) is 64.2 Å². The predicted molar refractivity (Wildman–Crippen MR) is 67.4 cm³/mol. The van der Waals surface area contributed by atoms with Crippen molar-refractivity contribution in [1.29, 1.82) is 0 Å². The molecule has 0 spiro atoms. The Hall–Kier alpha value is -0.320. The van der Waals surface area contributed by atoms with Gasteiger partial charge in [-0.15, -0.1) is 11.8 Å². The Balaban J connectivity index is 3.67. The topological polar surface area (TPSA) is 26.3 Å². The molecular formula is C12H22F2O2S. The van der Waals surface area contributed by atoms with Crippen LogP contribution in [-0.4, -0.2) is 22.6 Å². The number of unbranched alkanes of at least 4 members (excludes halogenated alkanes) is 1. The lowest BCUT2D eigenvalue weighted by Gasteiger charge is -2.23. The second kappa shape index (κ2) is 7.19. The molecule has 0 aromatic heterocycles. The van der Waals surface area contributed by atoms with Gasteiger partial charge in [-0.05, 0) is 32.4 Å². The zero-order valence-corrected chi connectivity index (χ0v) is 11.8. The van der Waals surface area contributed by atoms with E-state index in [-0.39, 0.29) is 18.8 Å². The second-order valence-electron chi connectivity index (χ2n) is 4.51. The molecule has 0 N–H and O–H groups in total. The van der Waals surface area contributed by atoms with Crippen molar-refractivity contribution in [1.82, 2.24) is 0 Å². The van der Waals surface area contributed by atoms with E-state index in [0.29, 0.717) is 12.8 Å². The predicted octanol–water partition coefficient (Wildman–Crippen LogP) is 4.23. The van der Waals surface area contributed by atoms with Crippen molar-refractivity contribution in [3.63, 3.8) is 0 Å². The van der Waals surface area contributed by atoms with Crippen molar-refractivity contribution in [2.75, 3.05) is 5.75 Å². The molecule has 0 amide bonds. The van der Waals surface area contributed by atoms with Gasteiger partial charge in [-0.25, -0.2) is 8.78 Å². The molecular weight excluding hydrogens is 246 g/mol. The minimum atomic E-state index is -2.53. The Morgan fingerprint density at radius 1 is 1.29 bits per heavy atom. The fraction of sp³-hybridized carbons (Fsp3) is 0.917. The third-order valence-corrected chi connectivity index (χ3v) is 3.56. The number of rotatable bonds is 8. The van der Waals surface area contributed by atoms with Gasteiger partial charge in [-0.3, -0.25) is 4.79 Å². The first-order valence-corrected chi connectivity index (χ1v) is 6.88. The first-order valence-electron chi connectivity index (χ1n) is 5.90. The zero-order valence-electron chi connectivity index (χ0n) is 11.0. The van der Waals surface area contributed by atoms with Crippen LogP contribution in [-0.2, 0) is 9.53 Å². The van der Waals surface area contributed by atoms with Gasteiger partial charge in [0.15, 0.2) is 4.93 Å². The monoisotopic (exact) mass is 268 g/mol. The quantitative estimate of drug-likeness (QED) is 0.374. The number of thioether (sulfide) groups is 1. The Morgan fingerprint density at radius 2 is 1.88 bits per heavy atom. The zero-order chi connectivity index (χ0) is 13.5. The first kappa shape index (κ1) is 16.7. The molecule has 0 radical (unpaired) electrons. The van der Waals surface area contributed by atoms with Crippen LogP contribution in [0.2, 0.25) is 0 Å². The molecule has 102 valence electrons. The van der Waals surface area contributed by atoms with Crippen molar-refractivity contribution in [3.05, 3.63) is 0 Å². The molecule has 0 rings (SSSR count). The molecule has 0 atom stereocenters. The van der Waals surface area contributed by atoms with Gasteiger partial charge in [0, 0.05) is 19.8 Å². The summed E-state index contributed by atoms with van der Waals surface area (Å²) in [7, 11) is 0. The standard InChI is InChI=1S/C12H22F2O2S/c1-5-12(13,14)8-6-7-9-17-11(3,4)16-10(2)15/h5-9H2,1-4H3. The fourth-order valence-electron chi connectivity index (χ4n) is 1.36. The maximum atomic E-state index is 12.9. The van der Waals surface area contributed by atoms with Gasteiger partial charge in [-0.2, -0.15) is 0 Å². The summed E-state index contributed by atoms with van der Waals surface area (Å²) in [4.78, 5) is 10.2. The number of ether oxygens (including phenoxy) is 1. The molecule has 0 bridgehead atoms. The van der Waals surface area contributed by atoms with Crippen LogP contribution >= 0.6 is 11.8 Å². The minimum absolute atomic E-state index is 0.0575. The molecule has 17 heavy (non-hydrogen) atoms. The highest BCUT2D eigenvalue weighted by atomic mass is 32.2. The highest BCUT2D eigenvalue weighted by Gasteiger charge is 2.25. The Labute approximate surface area is 106 Å². The highest BCUT2D eigenvalue weighted by molar-refractivity contribution is 8.00. The summed E-state index contributed by atoms with van der Waals surface area (Å²) < 4.78 is 30.9. The molecule has 0 aromatic rings. The molecule has 5 heteroatoms. The van der Waals surface area contributed by atoms with Crippen LogP contribution in [0.4, 0.5) is 8.78 Å². The lowest BCUT2D eigenvalue weighted by molar-refractivity contribution is -0.146. The van der Waals surface area contributed by atoms with E-state index in [1.165, 1.54) is 25.6 Å². The van der Waals surface area contributed by atoms with Crippen LogP contribution in [0.3, 0.4) is 0 Å². The van der Waals surface area contributed by atoms with E-state index in [4.69, 9.17) is 4.74 Å². The van der Waals surface area contributed by atoms with E-state index >= 15 is 0 Å². The maximum Gasteiger partial charge on any atom is 0.304 e. The summed E-state index contributed by atoms with van der Waals surface area (Å²) in [6, 6.07) is 0. The second-order valence-corrected chi connectivity index (χ2v) is 6.19. The lowest BCUT2D eigenvalue weighted by atomic mass is 10.1. The Kier molecular flexibility index (Phi) is 7.05. The van der Waals surface area contributed by atoms with E-state index in [1.807, 2.05) is 0 Å². The van der Waals surface area contributed by atoms with E-state index in [9.17, 15) is 13.6 Å². The average molecular weight is 268 g/mol. The van der Waals surface area contributed by atoms with Crippen LogP contribution in [0.15, 0.2) is 0 Å². The summed E-state index contributed by atoms with van der Waals surface area (Å²) in [6.45, 7) is 6.47. The number of hydrogen-bond donors (Lipinski definition) is 0. The third-order valence-electron chi connectivity index (χ3n) is 2.29. The third kappa shape index (κ3) is 9.39.